The van der Waals surface area contributed by atoms with Gasteiger partial charge in [0.2, 0.25) is 0 Å². The number of fused-ring (bicyclic) bond motifs is 1. The number of esters is 1. The molecule has 2 aromatic carbocycles. The van der Waals surface area contributed by atoms with Crippen LogP contribution in [-0.2, 0) is 9.53 Å². The summed E-state index contributed by atoms with van der Waals surface area (Å²) in [6.45, 7) is 2.58. The van der Waals surface area contributed by atoms with Crippen molar-refractivity contribution in [2.75, 3.05) is 13.2 Å². The van der Waals surface area contributed by atoms with E-state index in [0.717, 1.165) is 26.6 Å². The standard InChI is InChI=1S/C23H21BrClNO3/c1-2-28-23(27)4-3-13-29-22-14-16(6-12-20(22)25)5-10-19-11-8-17-7-9-18(24)15-21(17)26-19/h5-12,14-15H,2-4,13H2,1H3. The van der Waals surface area contributed by atoms with Gasteiger partial charge in [-0.1, -0.05) is 51.8 Å². The number of ether oxygens (including phenoxy) is 2. The van der Waals surface area contributed by atoms with Crippen LogP contribution in [0.1, 0.15) is 31.0 Å². The van der Waals surface area contributed by atoms with Gasteiger partial charge in [0.25, 0.3) is 0 Å². The maximum absolute atomic E-state index is 11.4. The number of rotatable bonds is 8. The minimum atomic E-state index is -0.214. The summed E-state index contributed by atoms with van der Waals surface area (Å²) in [4.78, 5) is 16.0. The number of hydrogen-bond donors (Lipinski definition) is 0. The molecule has 6 heteroatoms. The lowest BCUT2D eigenvalue weighted by molar-refractivity contribution is -0.143. The maximum Gasteiger partial charge on any atom is 0.305 e. The van der Waals surface area contributed by atoms with Gasteiger partial charge < -0.3 is 9.47 Å². The molecule has 1 heterocycles. The zero-order valence-corrected chi connectivity index (χ0v) is 18.4. The van der Waals surface area contributed by atoms with Crippen LogP contribution in [0.4, 0.5) is 0 Å². The highest BCUT2D eigenvalue weighted by atomic mass is 79.9. The Kier molecular flexibility index (Phi) is 7.67. The summed E-state index contributed by atoms with van der Waals surface area (Å²) in [6.07, 6.45) is 4.82. The number of pyridine rings is 1. The van der Waals surface area contributed by atoms with Crippen LogP contribution in [0.15, 0.2) is 53.0 Å². The Balaban J connectivity index is 1.65. The van der Waals surface area contributed by atoms with Gasteiger partial charge in [-0.2, -0.15) is 0 Å². The summed E-state index contributed by atoms with van der Waals surface area (Å²) in [6, 6.07) is 15.7. The van der Waals surface area contributed by atoms with Crippen LogP contribution in [-0.4, -0.2) is 24.2 Å². The first-order chi connectivity index (χ1) is 14.0. The smallest absolute Gasteiger partial charge is 0.305 e. The Bertz CT molecular complexity index is 1040. The first-order valence-electron chi connectivity index (χ1n) is 9.37. The molecule has 3 aromatic rings. The molecule has 3 rings (SSSR count). The van der Waals surface area contributed by atoms with Crippen molar-refractivity contribution in [1.29, 1.82) is 0 Å². The van der Waals surface area contributed by atoms with Crippen molar-refractivity contribution in [3.8, 4) is 5.75 Å². The zero-order valence-electron chi connectivity index (χ0n) is 16.0. The van der Waals surface area contributed by atoms with Gasteiger partial charge in [0.1, 0.15) is 5.75 Å². The number of benzene rings is 2. The van der Waals surface area contributed by atoms with Gasteiger partial charge in [0, 0.05) is 16.3 Å². The number of nitrogens with zero attached hydrogens (tertiary/aromatic N) is 1. The maximum atomic E-state index is 11.4. The van der Waals surface area contributed by atoms with Gasteiger partial charge in [0.05, 0.1) is 29.4 Å². The van der Waals surface area contributed by atoms with Crippen molar-refractivity contribution in [3.05, 3.63) is 69.3 Å². The first-order valence-corrected chi connectivity index (χ1v) is 10.5. The molecule has 0 bridgehead atoms. The quantitative estimate of drug-likeness (QED) is 0.275. The molecule has 0 saturated carbocycles. The van der Waals surface area contributed by atoms with Gasteiger partial charge in [-0.3, -0.25) is 4.79 Å². The van der Waals surface area contributed by atoms with E-state index in [2.05, 4.69) is 20.9 Å². The van der Waals surface area contributed by atoms with E-state index in [1.54, 1.807) is 13.0 Å². The summed E-state index contributed by atoms with van der Waals surface area (Å²) in [7, 11) is 0. The fourth-order valence-corrected chi connectivity index (χ4v) is 3.27. The average molecular weight is 475 g/mol. The van der Waals surface area contributed by atoms with E-state index in [-0.39, 0.29) is 5.97 Å². The molecule has 4 nitrogen and oxygen atoms in total. The third-order valence-electron chi connectivity index (χ3n) is 4.17. The molecule has 0 unspecified atom stereocenters. The monoisotopic (exact) mass is 473 g/mol. The highest BCUT2D eigenvalue weighted by Gasteiger charge is 2.05. The highest BCUT2D eigenvalue weighted by Crippen LogP contribution is 2.27. The van der Waals surface area contributed by atoms with E-state index < -0.39 is 0 Å². The summed E-state index contributed by atoms with van der Waals surface area (Å²) < 4.78 is 11.6. The molecule has 0 spiro atoms. The van der Waals surface area contributed by atoms with Crippen LogP contribution < -0.4 is 4.74 Å². The SMILES string of the molecule is CCOC(=O)CCCOc1cc(C=Cc2ccc3ccc(Br)cc3n2)ccc1Cl. The van der Waals surface area contributed by atoms with Crippen LogP contribution in [0.2, 0.25) is 5.02 Å². The Morgan fingerprint density at radius 2 is 1.97 bits per heavy atom. The molecule has 0 amide bonds. The Hall–Kier alpha value is -2.37. The summed E-state index contributed by atoms with van der Waals surface area (Å²) in [5.74, 6) is 0.377. The summed E-state index contributed by atoms with van der Waals surface area (Å²) >= 11 is 9.71. The van der Waals surface area contributed by atoms with Crippen molar-refractivity contribution in [2.45, 2.75) is 19.8 Å². The molecule has 1 aromatic heterocycles. The van der Waals surface area contributed by atoms with Crippen molar-refractivity contribution in [3.63, 3.8) is 0 Å². The first kappa shape index (κ1) is 21.3. The fourth-order valence-electron chi connectivity index (χ4n) is 2.75. The van der Waals surface area contributed by atoms with Crippen molar-refractivity contribution < 1.29 is 14.3 Å². The topological polar surface area (TPSA) is 48.4 Å². The molecule has 29 heavy (non-hydrogen) atoms. The van der Waals surface area contributed by atoms with Gasteiger partial charge in [-0.15, -0.1) is 0 Å². The number of halogens is 2. The normalized spacial score (nSPS) is 11.1. The molecule has 0 atom stereocenters. The minimum absolute atomic E-state index is 0.214. The molecule has 0 aliphatic carbocycles. The number of hydrogen-bond acceptors (Lipinski definition) is 4. The second-order valence-electron chi connectivity index (χ2n) is 6.35. The molecule has 0 fully saturated rings. The lowest BCUT2D eigenvalue weighted by Crippen LogP contribution is -2.06. The van der Waals surface area contributed by atoms with Crippen LogP contribution in [0, 0.1) is 0 Å². The van der Waals surface area contributed by atoms with Gasteiger partial charge >= 0.3 is 5.97 Å². The summed E-state index contributed by atoms with van der Waals surface area (Å²) in [5, 5.41) is 1.63. The van der Waals surface area contributed by atoms with E-state index in [1.165, 1.54) is 0 Å². The lowest BCUT2D eigenvalue weighted by Gasteiger charge is -2.09. The van der Waals surface area contributed by atoms with Crippen LogP contribution in [0.3, 0.4) is 0 Å². The van der Waals surface area contributed by atoms with Crippen molar-refractivity contribution in [2.24, 2.45) is 0 Å². The van der Waals surface area contributed by atoms with Gasteiger partial charge in [-0.05, 0) is 55.3 Å². The van der Waals surface area contributed by atoms with E-state index in [9.17, 15) is 4.79 Å². The predicted molar refractivity (Wildman–Crippen MR) is 121 cm³/mol. The minimum Gasteiger partial charge on any atom is -0.492 e. The molecule has 0 aliphatic rings. The Morgan fingerprint density at radius 3 is 2.79 bits per heavy atom. The second-order valence-corrected chi connectivity index (χ2v) is 7.68. The molecule has 0 radical (unpaired) electrons. The van der Waals surface area contributed by atoms with Gasteiger partial charge in [-0.25, -0.2) is 4.98 Å². The highest BCUT2D eigenvalue weighted by molar-refractivity contribution is 9.10. The number of aromatic nitrogens is 1. The van der Waals surface area contributed by atoms with Crippen molar-refractivity contribution in [1.82, 2.24) is 4.98 Å². The molecule has 0 saturated heterocycles. The summed E-state index contributed by atoms with van der Waals surface area (Å²) in [5.41, 5.74) is 2.75. The van der Waals surface area contributed by atoms with E-state index in [0.29, 0.717) is 36.8 Å². The third-order valence-corrected chi connectivity index (χ3v) is 4.97. The van der Waals surface area contributed by atoms with Crippen LogP contribution in [0.5, 0.6) is 5.75 Å². The third kappa shape index (κ3) is 6.31. The molecule has 0 aliphatic heterocycles. The number of carbonyl (C=O) groups is 1. The number of carbonyl (C=O) groups excluding carboxylic acids is 1. The molecule has 0 N–H and O–H groups in total. The molecular weight excluding hydrogens is 454 g/mol. The van der Waals surface area contributed by atoms with Gasteiger partial charge in [0.15, 0.2) is 0 Å². The predicted octanol–water partition coefficient (Wildman–Crippen LogP) is 6.54. The van der Waals surface area contributed by atoms with Crippen molar-refractivity contribution >= 4 is 56.6 Å². The zero-order chi connectivity index (χ0) is 20.6. The Labute approximate surface area is 183 Å². The molecule has 150 valence electrons. The molecular formula is C23H21BrClNO3. The van der Waals surface area contributed by atoms with Crippen LogP contribution in [0.25, 0.3) is 23.1 Å². The van der Waals surface area contributed by atoms with E-state index in [1.807, 2.05) is 54.6 Å². The average Bonchev–Trinajstić information content (AvgIpc) is 2.71. The van der Waals surface area contributed by atoms with E-state index in [4.69, 9.17) is 21.1 Å². The van der Waals surface area contributed by atoms with E-state index >= 15 is 0 Å². The van der Waals surface area contributed by atoms with Crippen LogP contribution >= 0.6 is 27.5 Å². The second kappa shape index (κ2) is 10.4. The Morgan fingerprint density at radius 1 is 1.14 bits per heavy atom. The fraction of sp³-hybridized carbons (Fsp3) is 0.217. The largest absolute Gasteiger partial charge is 0.492 e. The lowest BCUT2D eigenvalue weighted by atomic mass is 10.1.